The minimum Gasteiger partial charge on any atom is -0.383 e. The molecule has 0 radical (unpaired) electrons. The summed E-state index contributed by atoms with van der Waals surface area (Å²) in [6.45, 7) is 1.30. The van der Waals surface area contributed by atoms with Crippen molar-refractivity contribution < 1.29 is 18.7 Å². The van der Waals surface area contributed by atoms with E-state index in [0.29, 0.717) is 25.3 Å². The molecule has 5 nitrogen and oxygen atoms in total. The molecule has 0 aromatic heterocycles. The molecule has 6 heteroatoms. The third-order valence-electron chi connectivity index (χ3n) is 3.29. The van der Waals surface area contributed by atoms with E-state index in [1.807, 2.05) is 0 Å². The molecular formula is C14H19FN2O3. The fourth-order valence-electron chi connectivity index (χ4n) is 2.26. The second kappa shape index (κ2) is 6.78. The number of nitrogens with two attached hydrogens (primary N) is 1. The molecule has 2 N–H and O–H groups in total. The summed E-state index contributed by atoms with van der Waals surface area (Å²) in [5, 5.41) is 0. The number of ether oxygens (including phenoxy) is 2. The third-order valence-corrected chi connectivity index (χ3v) is 3.29. The van der Waals surface area contributed by atoms with Gasteiger partial charge >= 0.3 is 0 Å². The Morgan fingerprint density at radius 2 is 2.35 bits per heavy atom. The van der Waals surface area contributed by atoms with E-state index in [9.17, 15) is 9.18 Å². The minimum absolute atomic E-state index is 0.167. The van der Waals surface area contributed by atoms with E-state index in [2.05, 4.69) is 0 Å². The van der Waals surface area contributed by atoms with Crippen LogP contribution in [0.15, 0.2) is 24.3 Å². The summed E-state index contributed by atoms with van der Waals surface area (Å²) in [6.07, 6.45) is -0.455. The molecule has 0 bridgehead atoms. The molecule has 1 aromatic carbocycles. The molecule has 20 heavy (non-hydrogen) atoms. The fraction of sp³-hybridized carbons (Fsp3) is 0.500. The molecule has 1 amide bonds. The highest BCUT2D eigenvalue weighted by molar-refractivity contribution is 5.82. The lowest BCUT2D eigenvalue weighted by molar-refractivity contribution is -0.141. The van der Waals surface area contributed by atoms with Crippen LogP contribution < -0.4 is 5.73 Å². The van der Waals surface area contributed by atoms with Gasteiger partial charge in [-0.25, -0.2) is 4.39 Å². The number of hydrogen-bond acceptors (Lipinski definition) is 4. The van der Waals surface area contributed by atoms with Gasteiger partial charge in [-0.2, -0.15) is 0 Å². The molecule has 0 spiro atoms. The minimum atomic E-state index is -0.695. The Morgan fingerprint density at radius 1 is 1.60 bits per heavy atom. The number of carbonyl (C=O) groups excluding carboxylic acids is 1. The molecule has 0 saturated carbocycles. The number of hydrogen-bond donors (Lipinski definition) is 1. The molecule has 2 atom stereocenters. The largest absolute Gasteiger partial charge is 0.383 e. The van der Waals surface area contributed by atoms with E-state index >= 15 is 0 Å². The van der Waals surface area contributed by atoms with E-state index in [1.165, 1.54) is 13.2 Å². The maximum atomic E-state index is 13.8. The number of morpholine rings is 1. The number of carbonyl (C=O) groups is 1. The van der Waals surface area contributed by atoms with E-state index in [-0.39, 0.29) is 18.3 Å². The SMILES string of the molecule is COCC(N)C(=O)N1CCOC(c2ccccc2F)C1. The zero-order valence-corrected chi connectivity index (χ0v) is 11.4. The van der Waals surface area contributed by atoms with Gasteiger partial charge in [0, 0.05) is 19.2 Å². The molecular weight excluding hydrogens is 263 g/mol. The first-order valence-electron chi connectivity index (χ1n) is 6.52. The number of methoxy groups -OCH3 is 1. The van der Waals surface area contributed by atoms with Gasteiger partial charge in [0.25, 0.3) is 0 Å². The summed E-state index contributed by atoms with van der Waals surface area (Å²) in [5.41, 5.74) is 6.20. The molecule has 1 fully saturated rings. The summed E-state index contributed by atoms with van der Waals surface area (Å²) in [4.78, 5) is 13.7. The predicted octanol–water partition coefficient (Wildman–Crippen LogP) is 0.699. The van der Waals surface area contributed by atoms with Gasteiger partial charge in [0.1, 0.15) is 18.0 Å². The molecule has 2 unspecified atom stereocenters. The van der Waals surface area contributed by atoms with Crippen LogP contribution >= 0.6 is 0 Å². The highest BCUT2D eigenvalue weighted by Crippen LogP contribution is 2.24. The van der Waals surface area contributed by atoms with Gasteiger partial charge in [0.05, 0.1) is 19.8 Å². The van der Waals surface area contributed by atoms with Crippen molar-refractivity contribution in [2.45, 2.75) is 12.1 Å². The van der Waals surface area contributed by atoms with Crippen LogP contribution in [0.25, 0.3) is 0 Å². The molecule has 1 saturated heterocycles. The first-order chi connectivity index (χ1) is 9.63. The van der Waals surface area contributed by atoms with Crippen molar-refractivity contribution in [3.8, 4) is 0 Å². The zero-order valence-electron chi connectivity index (χ0n) is 11.4. The summed E-state index contributed by atoms with van der Waals surface area (Å²) >= 11 is 0. The van der Waals surface area contributed by atoms with Gasteiger partial charge in [-0.05, 0) is 6.07 Å². The van der Waals surface area contributed by atoms with Gasteiger partial charge in [-0.3, -0.25) is 4.79 Å². The Hall–Kier alpha value is -1.50. The zero-order chi connectivity index (χ0) is 14.5. The van der Waals surface area contributed by atoms with E-state index in [4.69, 9.17) is 15.2 Å². The molecule has 1 aliphatic heterocycles. The molecule has 1 aliphatic rings. The maximum Gasteiger partial charge on any atom is 0.242 e. The first kappa shape index (κ1) is 14.9. The maximum absolute atomic E-state index is 13.8. The van der Waals surface area contributed by atoms with Crippen LogP contribution in [-0.4, -0.2) is 50.3 Å². The predicted molar refractivity (Wildman–Crippen MR) is 71.5 cm³/mol. The van der Waals surface area contributed by atoms with Crippen molar-refractivity contribution in [2.75, 3.05) is 33.4 Å². The van der Waals surface area contributed by atoms with Crippen molar-refractivity contribution in [1.82, 2.24) is 4.90 Å². The van der Waals surface area contributed by atoms with Crippen LogP contribution in [0.1, 0.15) is 11.7 Å². The highest BCUT2D eigenvalue weighted by Gasteiger charge is 2.29. The smallest absolute Gasteiger partial charge is 0.242 e. The van der Waals surface area contributed by atoms with Crippen LogP contribution in [0, 0.1) is 5.82 Å². The van der Waals surface area contributed by atoms with Crippen LogP contribution in [0.4, 0.5) is 4.39 Å². The number of halogens is 1. The van der Waals surface area contributed by atoms with Crippen LogP contribution in [-0.2, 0) is 14.3 Å². The van der Waals surface area contributed by atoms with Gasteiger partial charge in [0.15, 0.2) is 0 Å². The summed E-state index contributed by atoms with van der Waals surface area (Å²) < 4.78 is 24.2. The summed E-state index contributed by atoms with van der Waals surface area (Å²) in [6, 6.07) is 5.73. The normalized spacial score (nSPS) is 20.8. The Morgan fingerprint density at radius 3 is 3.05 bits per heavy atom. The second-order valence-corrected chi connectivity index (χ2v) is 4.73. The van der Waals surface area contributed by atoms with Crippen molar-refractivity contribution >= 4 is 5.91 Å². The molecule has 110 valence electrons. The van der Waals surface area contributed by atoms with Crippen LogP contribution in [0.3, 0.4) is 0 Å². The van der Waals surface area contributed by atoms with Crippen molar-refractivity contribution in [1.29, 1.82) is 0 Å². The van der Waals surface area contributed by atoms with Crippen LogP contribution in [0.5, 0.6) is 0 Å². The lowest BCUT2D eigenvalue weighted by atomic mass is 10.1. The van der Waals surface area contributed by atoms with Crippen molar-refractivity contribution in [3.63, 3.8) is 0 Å². The molecule has 0 aliphatic carbocycles. The number of benzene rings is 1. The van der Waals surface area contributed by atoms with Gasteiger partial charge in [0.2, 0.25) is 5.91 Å². The van der Waals surface area contributed by atoms with E-state index < -0.39 is 12.1 Å². The topological polar surface area (TPSA) is 64.8 Å². The Labute approximate surface area is 117 Å². The lowest BCUT2D eigenvalue weighted by Gasteiger charge is -2.34. The average molecular weight is 282 g/mol. The lowest BCUT2D eigenvalue weighted by Crippen LogP contribution is -2.50. The Bertz CT molecular complexity index is 469. The highest BCUT2D eigenvalue weighted by atomic mass is 19.1. The quantitative estimate of drug-likeness (QED) is 0.883. The summed E-state index contributed by atoms with van der Waals surface area (Å²) in [5.74, 6) is -0.524. The van der Waals surface area contributed by atoms with Gasteiger partial charge < -0.3 is 20.1 Å². The molecule has 1 heterocycles. The molecule has 2 rings (SSSR count). The monoisotopic (exact) mass is 282 g/mol. The number of nitrogens with zero attached hydrogens (tertiary/aromatic N) is 1. The fourth-order valence-corrected chi connectivity index (χ4v) is 2.26. The van der Waals surface area contributed by atoms with E-state index in [0.717, 1.165) is 0 Å². The standard InChI is InChI=1S/C14H19FN2O3/c1-19-9-12(16)14(18)17-6-7-20-13(8-17)10-4-2-3-5-11(10)15/h2-5,12-13H,6-9,16H2,1H3. The number of amides is 1. The summed E-state index contributed by atoms with van der Waals surface area (Å²) in [7, 11) is 1.49. The van der Waals surface area contributed by atoms with Crippen LogP contribution in [0.2, 0.25) is 0 Å². The average Bonchev–Trinajstić information content (AvgIpc) is 2.47. The third kappa shape index (κ3) is 3.33. The van der Waals surface area contributed by atoms with Crippen molar-refractivity contribution in [2.24, 2.45) is 5.73 Å². The van der Waals surface area contributed by atoms with Gasteiger partial charge in [-0.15, -0.1) is 0 Å². The first-order valence-corrected chi connectivity index (χ1v) is 6.52. The Balaban J connectivity index is 2.05. The van der Waals surface area contributed by atoms with Gasteiger partial charge in [-0.1, -0.05) is 18.2 Å². The van der Waals surface area contributed by atoms with E-state index in [1.54, 1.807) is 23.1 Å². The molecule has 1 aromatic rings. The van der Waals surface area contributed by atoms with Crippen molar-refractivity contribution in [3.05, 3.63) is 35.6 Å². The Kier molecular flexibility index (Phi) is 5.05. The second-order valence-electron chi connectivity index (χ2n) is 4.73. The number of rotatable bonds is 4.